The largest absolute Gasteiger partial charge is 0.300 e. The van der Waals surface area contributed by atoms with Crippen LogP contribution in [0, 0.1) is 0 Å². The van der Waals surface area contributed by atoms with Crippen LogP contribution in [0.2, 0.25) is 0 Å². The zero-order chi connectivity index (χ0) is 12.0. The summed E-state index contributed by atoms with van der Waals surface area (Å²) < 4.78 is 0.920. The number of aromatic nitrogens is 1. The summed E-state index contributed by atoms with van der Waals surface area (Å²) in [7, 11) is 1.77. The van der Waals surface area contributed by atoms with Crippen molar-refractivity contribution >= 4 is 27.7 Å². The molecule has 1 amide bonds. The lowest BCUT2D eigenvalue weighted by Crippen LogP contribution is -2.26. The summed E-state index contributed by atoms with van der Waals surface area (Å²) in [6.07, 6.45) is 5.49. The van der Waals surface area contributed by atoms with Crippen molar-refractivity contribution in [1.82, 2.24) is 4.98 Å². The van der Waals surface area contributed by atoms with Gasteiger partial charge >= 0.3 is 0 Å². The lowest BCUT2D eigenvalue weighted by Gasteiger charge is -2.15. The number of nitrogens with zero attached hydrogens (tertiary/aromatic N) is 2. The summed E-state index contributed by atoms with van der Waals surface area (Å²) in [4.78, 5) is 17.6. The van der Waals surface area contributed by atoms with Crippen LogP contribution in [0.5, 0.6) is 0 Å². The van der Waals surface area contributed by atoms with Crippen molar-refractivity contribution in [3.63, 3.8) is 0 Å². The summed E-state index contributed by atoms with van der Waals surface area (Å²) in [5.74, 6) is 0.827. The molecular weight excluding hydrogens is 268 g/mol. The van der Waals surface area contributed by atoms with E-state index in [1.165, 1.54) is 0 Å². The van der Waals surface area contributed by atoms with E-state index in [1.54, 1.807) is 18.1 Å². The Labute approximate surface area is 105 Å². The van der Waals surface area contributed by atoms with Gasteiger partial charge < -0.3 is 0 Å². The molecule has 3 nitrogen and oxygen atoms in total. The number of hydrogen-bond donors (Lipinski definition) is 0. The molecule has 0 unspecified atom stereocenters. The maximum Gasteiger partial charge on any atom is 0.227 e. The van der Waals surface area contributed by atoms with Gasteiger partial charge in [0.2, 0.25) is 5.91 Å². The number of carbonyl (C=O) groups excluding carboxylic acids is 1. The molecule has 0 aliphatic carbocycles. The van der Waals surface area contributed by atoms with Crippen LogP contribution in [0.3, 0.4) is 0 Å². The minimum Gasteiger partial charge on any atom is -0.300 e. The third-order valence-corrected chi connectivity index (χ3v) is 2.89. The van der Waals surface area contributed by atoms with E-state index in [1.807, 2.05) is 12.1 Å². The van der Waals surface area contributed by atoms with Crippen LogP contribution >= 0.6 is 15.9 Å². The van der Waals surface area contributed by atoms with Crippen LogP contribution in [0.15, 0.2) is 22.8 Å². The quantitative estimate of drug-likeness (QED) is 0.777. The fraction of sp³-hybridized carbons (Fsp3) is 0.500. The van der Waals surface area contributed by atoms with Crippen molar-refractivity contribution in [3.05, 3.63) is 22.8 Å². The molecule has 0 saturated heterocycles. The van der Waals surface area contributed by atoms with Crippen molar-refractivity contribution in [2.24, 2.45) is 0 Å². The molecule has 88 valence electrons. The summed E-state index contributed by atoms with van der Waals surface area (Å²) >= 11 is 3.32. The molecule has 0 fully saturated rings. The molecule has 0 spiro atoms. The van der Waals surface area contributed by atoms with E-state index in [2.05, 4.69) is 27.8 Å². The number of pyridine rings is 1. The highest BCUT2D eigenvalue weighted by Crippen LogP contribution is 2.14. The normalized spacial score (nSPS) is 10.2. The van der Waals surface area contributed by atoms with Crippen molar-refractivity contribution in [2.75, 3.05) is 11.9 Å². The summed E-state index contributed by atoms with van der Waals surface area (Å²) in [5.41, 5.74) is 0. The number of anilines is 1. The van der Waals surface area contributed by atoms with Gasteiger partial charge in [-0.3, -0.25) is 9.69 Å². The summed E-state index contributed by atoms with van der Waals surface area (Å²) in [5, 5.41) is 0. The Bertz CT molecular complexity index is 337. The van der Waals surface area contributed by atoms with Gasteiger partial charge in [-0.2, -0.15) is 0 Å². The predicted molar refractivity (Wildman–Crippen MR) is 69.5 cm³/mol. The van der Waals surface area contributed by atoms with E-state index in [0.29, 0.717) is 12.2 Å². The Hall–Kier alpha value is -0.900. The van der Waals surface area contributed by atoms with E-state index in [4.69, 9.17) is 0 Å². The summed E-state index contributed by atoms with van der Waals surface area (Å²) in [6, 6.07) is 3.72. The number of amides is 1. The maximum atomic E-state index is 11.8. The third kappa shape index (κ3) is 3.93. The van der Waals surface area contributed by atoms with Crippen LogP contribution in [0.25, 0.3) is 0 Å². The first-order valence-electron chi connectivity index (χ1n) is 5.53. The fourth-order valence-corrected chi connectivity index (χ4v) is 1.62. The Morgan fingerprint density at radius 1 is 1.44 bits per heavy atom. The molecule has 1 heterocycles. The molecule has 0 saturated carbocycles. The molecule has 1 aromatic heterocycles. The van der Waals surface area contributed by atoms with Crippen molar-refractivity contribution < 1.29 is 4.79 Å². The minimum absolute atomic E-state index is 0.128. The Kier molecular flexibility index (Phi) is 5.46. The molecule has 4 heteroatoms. The minimum atomic E-state index is 0.128. The Balaban J connectivity index is 2.53. The Morgan fingerprint density at radius 3 is 2.75 bits per heavy atom. The van der Waals surface area contributed by atoms with E-state index in [9.17, 15) is 4.79 Å². The highest BCUT2D eigenvalue weighted by atomic mass is 79.9. The average Bonchev–Trinajstić information content (AvgIpc) is 2.29. The van der Waals surface area contributed by atoms with Gasteiger partial charge in [-0.1, -0.05) is 19.8 Å². The van der Waals surface area contributed by atoms with E-state index >= 15 is 0 Å². The molecule has 0 aliphatic heterocycles. The lowest BCUT2D eigenvalue weighted by molar-refractivity contribution is -0.118. The molecule has 0 aromatic carbocycles. The smallest absolute Gasteiger partial charge is 0.227 e. The topological polar surface area (TPSA) is 33.2 Å². The highest BCUT2D eigenvalue weighted by Gasteiger charge is 2.10. The van der Waals surface area contributed by atoms with Gasteiger partial charge in [-0.25, -0.2) is 4.98 Å². The number of rotatable bonds is 5. The molecule has 0 bridgehead atoms. The van der Waals surface area contributed by atoms with Crippen molar-refractivity contribution in [2.45, 2.75) is 32.6 Å². The van der Waals surface area contributed by atoms with Gasteiger partial charge in [0.25, 0.3) is 0 Å². The second kappa shape index (κ2) is 6.63. The average molecular weight is 285 g/mol. The lowest BCUT2D eigenvalue weighted by atomic mass is 10.2. The van der Waals surface area contributed by atoms with E-state index in [0.717, 1.165) is 23.7 Å². The highest BCUT2D eigenvalue weighted by molar-refractivity contribution is 9.10. The molecule has 0 N–H and O–H groups in total. The number of hydrogen-bond acceptors (Lipinski definition) is 2. The molecule has 1 rings (SSSR count). The molecular formula is C12H17BrN2O. The van der Waals surface area contributed by atoms with Gasteiger partial charge in [0.1, 0.15) is 5.82 Å². The van der Waals surface area contributed by atoms with Gasteiger partial charge in [0, 0.05) is 24.1 Å². The summed E-state index contributed by atoms with van der Waals surface area (Å²) in [6.45, 7) is 2.13. The first kappa shape index (κ1) is 13.2. The molecule has 16 heavy (non-hydrogen) atoms. The number of halogens is 1. The van der Waals surface area contributed by atoms with Crippen LogP contribution in [0.1, 0.15) is 32.6 Å². The standard InChI is InChI=1S/C12H17BrN2O/c1-3-4-5-6-12(16)15(2)11-8-7-10(13)9-14-11/h7-9H,3-6H2,1-2H3. The van der Waals surface area contributed by atoms with E-state index in [-0.39, 0.29) is 5.91 Å². The first-order chi connectivity index (χ1) is 7.65. The van der Waals surface area contributed by atoms with Gasteiger partial charge in [-0.15, -0.1) is 0 Å². The zero-order valence-electron chi connectivity index (χ0n) is 9.74. The second-order valence-corrected chi connectivity index (χ2v) is 4.66. The first-order valence-corrected chi connectivity index (χ1v) is 6.32. The molecule has 0 radical (unpaired) electrons. The monoisotopic (exact) mass is 284 g/mol. The van der Waals surface area contributed by atoms with Crippen LogP contribution in [-0.2, 0) is 4.79 Å². The zero-order valence-corrected chi connectivity index (χ0v) is 11.3. The van der Waals surface area contributed by atoms with Crippen molar-refractivity contribution in [3.8, 4) is 0 Å². The third-order valence-electron chi connectivity index (χ3n) is 2.42. The van der Waals surface area contributed by atoms with E-state index < -0.39 is 0 Å². The number of carbonyl (C=O) groups is 1. The van der Waals surface area contributed by atoms with Crippen LogP contribution < -0.4 is 4.90 Å². The number of unbranched alkanes of at least 4 members (excludes halogenated alkanes) is 2. The molecule has 0 atom stereocenters. The van der Waals surface area contributed by atoms with Crippen LogP contribution in [0.4, 0.5) is 5.82 Å². The SMILES string of the molecule is CCCCCC(=O)N(C)c1ccc(Br)cn1. The van der Waals surface area contributed by atoms with Gasteiger partial charge in [0.15, 0.2) is 0 Å². The van der Waals surface area contributed by atoms with Crippen LogP contribution in [-0.4, -0.2) is 17.9 Å². The fourth-order valence-electron chi connectivity index (χ4n) is 1.39. The van der Waals surface area contributed by atoms with Gasteiger partial charge in [0.05, 0.1) is 0 Å². The Morgan fingerprint density at radius 2 is 2.19 bits per heavy atom. The molecule has 0 aliphatic rings. The molecule has 1 aromatic rings. The van der Waals surface area contributed by atoms with Crippen molar-refractivity contribution in [1.29, 1.82) is 0 Å². The second-order valence-electron chi connectivity index (χ2n) is 3.74. The predicted octanol–water partition coefficient (Wildman–Crippen LogP) is 3.39. The maximum absolute atomic E-state index is 11.8. The van der Waals surface area contributed by atoms with Gasteiger partial charge in [-0.05, 0) is 34.5 Å².